The molecule has 0 aromatic heterocycles. The number of rotatable bonds is 6. The highest BCUT2D eigenvalue weighted by Crippen LogP contribution is 2.16. The van der Waals surface area contributed by atoms with Gasteiger partial charge in [-0.2, -0.15) is 0 Å². The predicted octanol–water partition coefficient (Wildman–Crippen LogP) is 1.15. The van der Waals surface area contributed by atoms with Crippen molar-refractivity contribution >= 4 is 5.91 Å². The SMILES string of the molecule is CC(C)COCCNC(=O)C(N)C(C)(C)C. The van der Waals surface area contributed by atoms with Crippen molar-refractivity contribution in [2.45, 2.75) is 40.7 Å². The highest BCUT2D eigenvalue weighted by molar-refractivity contribution is 5.82. The van der Waals surface area contributed by atoms with E-state index in [2.05, 4.69) is 19.2 Å². The third kappa shape index (κ3) is 6.80. The van der Waals surface area contributed by atoms with Gasteiger partial charge in [0.1, 0.15) is 0 Å². The molecule has 4 heteroatoms. The minimum atomic E-state index is -0.474. The Morgan fingerprint density at radius 1 is 1.38 bits per heavy atom. The van der Waals surface area contributed by atoms with Gasteiger partial charge in [0.05, 0.1) is 12.6 Å². The van der Waals surface area contributed by atoms with E-state index < -0.39 is 6.04 Å². The molecule has 0 radical (unpaired) electrons. The topological polar surface area (TPSA) is 64.3 Å². The smallest absolute Gasteiger partial charge is 0.237 e. The summed E-state index contributed by atoms with van der Waals surface area (Å²) in [7, 11) is 0. The largest absolute Gasteiger partial charge is 0.379 e. The second-order valence-corrected chi connectivity index (χ2v) is 5.60. The molecule has 0 rings (SSSR count). The zero-order valence-corrected chi connectivity index (χ0v) is 11.2. The first kappa shape index (κ1) is 15.4. The lowest BCUT2D eigenvalue weighted by atomic mass is 9.87. The third-order valence-corrected chi connectivity index (χ3v) is 2.21. The molecule has 0 aliphatic rings. The fraction of sp³-hybridized carbons (Fsp3) is 0.917. The van der Waals surface area contributed by atoms with Gasteiger partial charge in [0.25, 0.3) is 0 Å². The van der Waals surface area contributed by atoms with Gasteiger partial charge < -0.3 is 15.8 Å². The maximum Gasteiger partial charge on any atom is 0.237 e. The molecule has 0 bridgehead atoms. The Morgan fingerprint density at radius 2 is 1.94 bits per heavy atom. The molecule has 96 valence electrons. The average molecular weight is 230 g/mol. The van der Waals surface area contributed by atoms with E-state index in [0.29, 0.717) is 19.1 Å². The Kier molecular flexibility index (Phi) is 6.60. The summed E-state index contributed by atoms with van der Waals surface area (Å²) < 4.78 is 5.36. The van der Waals surface area contributed by atoms with Crippen molar-refractivity contribution in [3.8, 4) is 0 Å². The Balaban J connectivity index is 3.66. The zero-order chi connectivity index (χ0) is 12.8. The average Bonchev–Trinajstić information content (AvgIpc) is 2.13. The lowest BCUT2D eigenvalue weighted by Crippen LogP contribution is -2.49. The summed E-state index contributed by atoms with van der Waals surface area (Å²) in [5.41, 5.74) is 5.60. The lowest BCUT2D eigenvalue weighted by molar-refractivity contribution is -0.124. The van der Waals surface area contributed by atoms with Crippen LogP contribution < -0.4 is 11.1 Å². The Labute approximate surface area is 98.9 Å². The number of hydrogen-bond donors (Lipinski definition) is 2. The number of nitrogens with two attached hydrogens (primary N) is 1. The van der Waals surface area contributed by atoms with E-state index in [1.54, 1.807) is 0 Å². The normalized spacial score (nSPS) is 13.9. The zero-order valence-electron chi connectivity index (χ0n) is 11.2. The molecule has 16 heavy (non-hydrogen) atoms. The van der Waals surface area contributed by atoms with Crippen LogP contribution in [0.1, 0.15) is 34.6 Å². The molecule has 0 aromatic rings. The number of carbonyl (C=O) groups is 1. The maximum absolute atomic E-state index is 11.6. The number of nitrogens with one attached hydrogen (secondary N) is 1. The fourth-order valence-corrected chi connectivity index (χ4v) is 1.07. The minimum absolute atomic E-state index is 0.111. The van der Waals surface area contributed by atoms with E-state index >= 15 is 0 Å². The quantitative estimate of drug-likeness (QED) is 0.673. The number of amides is 1. The second-order valence-electron chi connectivity index (χ2n) is 5.60. The third-order valence-electron chi connectivity index (χ3n) is 2.21. The first-order valence-electron chi connectivity index (χ1n) is 5.86. The van der Waals surface area contributed by atoms with Gasteiger partial charge in [-0.3, -0.25) is 4.79 Å². The van der Waals surface area contributed by atoms with Crippen LogP contribution in [0.2, 0.25) is 0 Å². The first-order chi connectivity index (χ1) is 7.25. The molecule has 4 nitrogen and oxygen atoms in total. The molecule has 1 unspecified atom stereocenters. The molecule has 0 spiro atoms. The van der Waals surface area contributed by atoms with Crippen LogP contribution in [-0.2, 0) is 9.53 Å². The Bertz CT molecular complexity index is 210. The molecule has 0 heterocycles. The van der Waals surface area contributed by atoms with Crippen molar-refractivity contribution in [3.05, 3.63) is 0 Å². The van der Waals surface area contributed by atoms with Crippen LogP contribution >= 0.6 is 0 Å². The number of hydrogen-bond acceptors (Lipinski definition) is 3. The molecule has 0 aromatic carbocycles. The molecule has 0 fully saturated rings. The monoisotopic (exact) mass is 230 g/mol. The summed E-state index contributed by atoms with van der Waals surface area (Å²) in [5.74, 6) is 0.410. The van der Waals surface area contributed by atoms with Crippen molar-refractivity contribution in [1.82, 2.24) is 5.32 Å². The van der Waals surface area contributed by atoms with Gasteiger partial charge in [-0.05, 0) is 11.3 Å². The standard InChI is InChI=1S/C12H26N2O2/c1-9(2)8-16-7-6-14-11(15)10(13)12(3,4)5/h9-10H,6-8,13H2,1-5H3,(H,14,15). The fourth-order valence-electron chi connectivity index (χ4n) is 1.07. The van der Waals surface area contributed by atoms with Crippen LogP contribution in [0.3, 0.4) is 0 Å². The van der Waals surface area contributed by atoms with Crippen molar-refractivity contribution in [3.63, 3.8) is 0 Å². The van der Waals surface area contributed by atoms with E-state index in [4.69, 9.17) is 10.5 Å². The summed E-state index contributed by atoms with van der Waals surface area (Å²) in [4.78, 5) is 11.6. The summed E-state index contributed by atoms with van der Waals surface area (Å²) in [5, 5.41) is 2.77. The second kappa shape index (κ2) is 6.86. The maximum atomic E-state index is 11.6. The van der Waals surface area contributed by atoms with Gasteiger partial charge in [-0.15, -0.1) is 0 Å². The van der Waals surface area contributed by atoms with E-state index in [0.717, 1.165) is 6.61 Å². The van der Waals surface area contributed by atoms with Crippen LogP contribution in [-0.4, -0.2) is 31.7 Å². The summed E-state index contributed by atoms with van der Waals surface area (Å²) in [6.07, 6.45) is 0. The molecule has 0 saturated carbocycles. The minimum Gasteiger partial charge on any atom is -0.379 e. The molecule has 0 saturated heterocycles. The van der Waals surface area contributed by atoms with Gasteiger partial charge in [0.2, 0.25) is 5.91 Å². The Hall–Kier alpha value is -0.610. The van der Waals surface area contributed by atoms with Gasteiger partial charge in [-0.1, -0.05) is 34.6 Å². The van der Waals surface area contributed by atoms with Crippen LogP contribution in [0.5, 0.6) is 0 Å². The van der Waals surface area contributed by atoms with Crippen molar-refractivity contribution in [1.29, 1.82) is 0 Å². The Morgan fingerprint density at radius 3 is 2.38 bits per heavy atom. The molecule has 1 atom stereocenters. The molecule has 1 amide bonds. The molecule has 3 N–H and O–H groups in total. The molecule has 0 aliphatic heterocycles. The molecule has 0 aliphatic carbocycles. The first-order valence-corrected chi connectivity index (χ1v) is 5.86. The van der Waals surface area contributed by atoms with E-state index in [1.165, 1.54) is 0 Å². The summed E-state index contributed by atoms with van der Waals surface area (Å²) >= 11 is 0. The molecular formula is C12H26N2O2. The van der Waals surface area contributed by atoms with Crippen molar-refractivity contribution < 1.29 is 9.53 Å². The van der Waals surface area contributed by atoms with Crippen LogP contribution in [0.25, 0.3) is 0 Å². The van der Waals surface area contributed by atoms with Crippen molar-refractivity contribution in [2.75, 3.05) is 19.8 Å². The van der Waals surface area contributed by atoms with E-state index in [1.807, 2.05) is 20.8 Å². The van der Waals surface area contributed by atoms with Crippen LogP contribution in [0, 0.1) is 11.3 Å². The van der Waals surface area contributed by atoms with Gasteiger partial charge in [0.15, 0.2) is 0 Å². The number of ether oxygens (including phenoxy) is 1. The van der Waals surface area contributed by atoms with Gasteiger partial charge >= 0.3 is 0 Å². The molecular weight excluding hydrogens is 204 g/mol. The summed E-state index contributed by atoms with van der Waals surface area (Å²) in [6, 6.07) is -0.474. The van der Waals surface area contributed by atoms with Crippen LogP contribution in [0.4, 0.5) is 0 Å². The predicted molar refractivity (Wildman–Crippen MR) is 66.1 cm³/mol. The van der Waals surface area contributed by atoms with E-state index in [-0.39, 0.29) is 11.3 Å². The van der Waals surface area contributed by atoms with E-state index in [9.17, 15) is 4.79 Å². The summed E-state index contributed by atoms with van der Waals surface area (Å²) in [6.45, 7) is 11.8. The van der Waals surface area contributed by atoms with Crippen LogP contribution in [0.15, 0.2) is 0 Å². The van der Waals surface area contributed by atoms with Gasteiger partial charge in [0, 0.05) is 13.2 Å². The highest BCUT2D eigenvalue weighted by Gasteiger charge is 2.26. The highest BCUT2D eigenvalue weighted by atomic mass is 16.5. The van der Waals surface area contributed by atoms with Crippen molar-refractivity contribution in [2.24, 2.45) is 17.1 Å². The van der Waals surface area contributed by atoms with Gasteiger partial charge in [-0.25, -0.2) is 0 Å². The lowest BCUT2D eigenvalue weighted by Gasteiger charge is -2.25. The number of carbonyl (C=O) groups excluding carboxylic acids is 1.